The second kappa shape index (κ2) is 10.7. The number of carbonyl (C=O) groups excluding carboxylic acids is 1. The summed E-state index contributed by atoms with van der Waals surface area (Å²) >= 11 is 1.65. The number of anilines is 1. The summed E-state index contributed by atoms with van der Waals surface area (Å²) in [6.07, 6.45) is 3.42. The van der Waals surface area contributed by atoms with Crippen molar-refractivity contribution in [2.45, 2.75) is 30.9 Å². The van der Waals surface area contributed by atoms with Gasteiger partial charge in [0.2, 0.25) is 5.91 Å². The molecule has 2 aliphatic rings. The van der Waals surface area contributed by atoms with E-state index in [-0.39, 0.29) is 24.0 Å². The number of hydrogen-bond donors (Lipinski definition) is 1. The zero-order chi connectivity index (χ0) is 23.3. The van der Waals surface area contributed by atoms with E-state index in [0.717, 1.165) is 55.3 Å². The molecule has 0 radical (unpaired) electrons. The second-order valence-corrected chi connectivity index (χ2v) is 10.1. The van der Waals surface area contributed by atoms with Crippen LogP contribution >= 0.6 is 11.3 Å². The van der Waals surface area contributed by atoms with Crippen LogP contribution in [0.1, 0.15) is 29.9 Å². The summed E-state index contributed by atoms with van der Waals surface area (Å²) in [5.74, 6) is -0.179. The molecule has 178 valence electrons. The number of aromatic nitrogens is 1. The summed E-state index contributed by atoms with van der Waals surface area (Å²) in [5, 5.41) is 13.2. The summed E-state index contributed by atoms with van der Waals surface area (Å²) < 4.78 is 0. The number of thiazole rings is 1. The molecule has 6 nitrogen and oxygen atoms in total. The molecular formula is C27H32N4O2S. The maximum atomic E-state index is 14.2. The van der Waals surface area contributed by atoms with Crippen LogP contribution < -0.4 is 4.90 Å². The van der Waals surface area contributed by atoms with Gasteiger partial charge in [-0.2, -0.15) is 0 Å². The van der Waals surface area contributed by atoms with Gasteiger partial charge in [0, 0.05) is 44.3 Å². The fourth-order valence-electron chi connectivity index (χ4n) is 5.28. The fraction of sp³-hybridized carbons (Fsp3) is 0.407. The molecule has 3 aromatic rings. The van der Waals surface area contributed by atoms with Crippen LogP contribution in [-0.4, -0.2) is 77.2 Å². The molecular weight excluding hydrogens is 444 g/mol. The van der Waals surface area contributed by atoms with Gasteiger partial charge in [-0.1, -0.05) is 60.7 Å². The molecule has 2 atom stereocenters. The molecule has 3 heterocycles. The number of amides is 1. The Hall–Kier alpha value is -2.74. The molecule has 2 saturated heterocycles. The molecule has 0 spiro atoms. The van der Waals surface area contributed by atoms with Crippen LogP contribution in [0.5, 0.6) is 0 Å². The van der Waals surface area contributed by atoms with Crippen LogP contribution in [-0.2, 0) is 4.79 Å². The van der Waals surface area contributed by atoms with Crippen molar-refractivity contribution in [3.63, 3.8) is 0 Å². The minimum atomic E-state index is -0.330. The van der Waals surface area contributed by atoms with E-state index in [1.165, 1.54) is 0 Å². The molecule has 2 aromatic carbocycles. The van der Waals surface area contributed by atoms with Gasteiger partial charge >= 0.3 is 0 Å². The predicted molar refractivity (Wildman–Crippen MR) is 136 cm³/mol. The van der Waals surface area contributed by atoms with Gasteiger partial charge in [-0.15, -0.1) is 11.3 Å². The monoisotopic (exact) mass is 476 g/mol. The zero-order valence-electron chi connectivity index (χ0n) is 19.4. The van der Waals surface area contributed by atoms with E-state index < -0.39 is 0 Å². The first kappa shape index (κ1) is 23.0. The van der Waals surface area contributed by atoms with Crippen LogP contribution in [0.15, 0.2) is 72.2 Å². The number of piperazine rings is 1. The summed E-state index contributed by atoms with van der Waals surface area (Å²) in [7, 11) is 0. The lowest BCUT2D eigenvalue weighted by Crippen LogP contribution is -2.60. The van der Waals surface area contributed by atoms with E-state index in [0.29, 0.717) is 13.1 Å². The Morgan fingerprint density at radius 3 is 2.32 bits per heavy atom. The van der Waals surface area contributed by atoms with Crippen LogP contribution in [0.3, 0.4) is 0 Å². The van der Waals surface area contributed by atoms with Gasteiger partial charge in [0.25, 0.3) is 0 Å². The molecule has 0 aliphatic carbocycles. The SMILES string of the molecule is O=C(C(c1ccccc1)c1ccccc1)N1CCN(c2nccs2)C[C@H]1CN1CCCC(O)C1. The van der Waals surface area contributed by atoms with Crippen molar-refractivity contribution in [3.8, 4) is 0 Å². The van der Waals surface area contributed by atoms with Crippen molar-refractivity contribution < 1.29 is 9.90 Å². The Morgan fingerprint density at radius 2 is 1.71 bits per heavy atom. The average Bonchev–Trinajstić information content (AvgIpc) is 3.41. The number of β-amino-alcohol motifs (C(OH)–C–C–N with tert-alkyl or cyclic N) is 1. The normalized spacial score (nSPS) is 21.7. The Kier molecular flexibility index (Phi) is 7.23. The molecule has 1 unspecified atom stereocenters. The molecule has 1 N–H and O–H groups in total. The maximum Gasteiger partial charge on any atom is 0.234 e. The average molecular weight is 477 g/mol. The highest BCUT2D eigenvalue weighted by Crippen LogP contribution is 2.30. The topological polar surface area (TPSA) is 59.9 Å². The lowest BCUT2D eigenvalue weighted by molar-refractivity contribution is -0.135. The summed E-state index contributed by atoms with van der Waals surface area (Å²) in [4.78, 5) is 25.5. The van der Waals surface area contributed by atoms with E-state index in [1.54, 1.807) is 11.3 Å². The second-order valence-electron chi connectivity index (χ2n) is 9.26. The smallest absolute Gasteiger partial charge is 0.234 e. The highest BCUT2D eigenvalue weighted by Gasteiger charge is 2.37. The number of piperidine rings is 1. The van der Waals surface area contributed by atoms with Gasteiger partial charge in [0.05, 0.1) is 18.1 Å². The van der Waals surface area contributed by atoms with Crippen molar-refractivity contribution in [3.05, 3.63) is 83.4 Å². The van der Waals surface area contributed by atoms with E-state index in [1.807, 2.05) is 48.0 Å². The Bertz CT molecular complexity index is 1010. The van der Waals surface area contributed by atoms with Crippen LogP contribution in [0.2, 0.25) is 0 Å². The van der Waals surface area contributed by atoms with Crippen LogP contribution in [0.25, 0.3) is 0 Å². The minimum absolute atomic E-state index is 0.0328. The number of likely N-dealkylation sites (tertiary alicyclic amines) is 1. The minimum Gasteiger partial charge on any atom is -0.392 e. The lowest BCUT2D eigenvalue weighted by Gasteiger charge is -2.45. The molecule has 0 bridgehead atoms. The van der Waals surface area contributed by atoms with Crippen molar-refractivity contribution in [2.24, 2.45) is 0 Å². The molecule has 2 fully saturated rings. The molecule has 1 amide bonds. The number of nitrogens with zero attached hydrogens (tertiary/aromatic N) is 4. The first-order chi connectivity index (χ1) is 16.7. The van der Waals surface area contributed by atoms with Gasteiger partial charge in [-0.05, 0) is 30.5 Å². The highest BCUT2D eigenvalue weighted by atomic mass is 32.1. The standard InChI is InChI=1S/C27H32N4O2S/c32-24-12-7-14-29(20-24)18-23-19-30(27-28-13-17-34-27)15-16-31(23)26(33)25(21-8-3-1-4-9-21)22-10-5-2-6-11-22/h1-6,8-11,13,17,23-25,32H,7,12,14-16,18-20H2/t23-,24?/m1/s1. The highest BCUT2D eigenvalue weighted by molar-refractivity contribution is 7.13. The van der Waals surface area contributed by atoms with Gasteiger partial charge < -0.3 is 14.9 Å². The molecule has 7 heteroatoms. The number of aliphatic hydroxyl groups is 1. The number of hydrogen-bond acceptors (Lipinski definition) is 6. The molecule has 1 aromatic heterocycles. The van der Waals surface area contributed by atoms with Gasteiger partial charge in [0.1, 0.15) is 0 Å². The Balaban J connectivity index is 1.43. The molecule has 2 aliphatic heterocycles. The third-order valence-electron chi connectivity index (χ3n) is 6.92. The fourth-order valence-corrected chi connectivity index (χ4v) is 5.96. The number of benzene rings is 2. The third kappa shape index (κ3) is 5.17. The van der Waals surface area contributed by atoms with E-state index >= 15 is 0 Å². The van der Waals surface area contributed by atoms with Crippen LogP contribution in [0, 0.1) is 0 Å². The summed E-state index contributed by atoms with van der Waals surface area (Å²) in [5.41, 5.74) is 2.04. The summed E-state index contributed by atoms with van der Waals surface area (Å²) in [6.45, 7) is 4.59. The number of rotatable bonds is 6. The quantitative estimate of drug-likeness (QED) is 0.591. The van der Waals surface area contributed by atoms with Gasteiger partial charge in [-0.25, -0.2) is 4.98 Å². The number of carbonyl (C=O) groups is 1. The number of aliphatic hydroxyl groups excluding tert-OH is 1. The van der Waals surface area contributed by atoms with E-state index in [4.69, 9.17) is 0 Å². The maximum absolute atomic E-state index is 14.2. The van der Waals surface area contributed by atoms with Gasteiger partial charge in [0.15, 0.2) is 5.13 Å². The predicted octanol–water partition coefficient (Wildman–Crippen LogP) is 3.45. The molecule has 0 saturated carbocycles. The van der Waals surface area contributed by atoms with Crippen molar-refractivity contribution in [2.75, 3.05) is 44.2 Å². The molecule has 5 rings (SSSR count). The Morgan fingerprint density at radius 1 is 1.00 bits per heavy atom. The third-order valence-corrected chi connectivity index (χ3v) is 7.75. The van der Waals surface area contributed by atoms with Crippen molar-refractivity contribution >= 4 is 22.4 Å². The van der Waals surface area contributed by atoms with E-state index in [9.17, 15) is 9.90 Å². The Labute approximate surface area is 205 Å². The van der Waals surface area contributed by atoms with E-state index in [2.05, 4.69) is 43.9 Å². The van der Waals surface area contributed by atoms with Crippen molar-refractivity contribution in [1.29, 1.82) is 0 Å². The van der Waals surface area contributed by atoms with Crippen LogP contribution in [0.4, 0.5) is 5.13 Å². The van der Waals surface area contributed by atoms with Crippen molar-refractivity contribution in [1.82, 2.24) is 14.8 Å². The largest absolute Gasteiger partial charge is 0.392 e. The first-order valence-electron chi connectivity index (χ1n) is 12.1. The lowest BCUT2D eigenvalue weighted by atomic mass is 9.89. The molecule has 34 heavy (non-hydrogen) atoms. The zero-order valence-corrected chi connectivity index (χ0v) is 20.2. The summed E-state index contributed by atoms with van der Waals surface area (Å²) in [6, 6.07) is 20.3. The van der Waals surface area contributed by atoms with Gasteiger partial charge in [-0.3, -0.25) is 9.69 Å². The first-order valence-corrected chi connectivity index (χ1v) is 13.0.